The van der Waals surface area contributed by atoms with Crippen LogP contribution in [-0.2, 0) is 4.79 Å². The lowest BCUT2D eigenvalue weighted by atomic mass is 10.1. The van der Waals surface area contributed by atoms with Gasteiger partial charge in [0.05, 0.1) is 6.07 Å². The molecule has 0 aromatic rings. The summed E-state index contributed by atoms with van der Waals surface area (Å²) in [5.41, 5.74) is 0. The lowest BCUT2D eigenvalue weighted by molar-refractivity contribution is -0.124. The molecular weight excluding hydrogens is 152 g/mol. The summed E-state index contributed by atoms with van der Waals surface area (Å²) in [6, 6.07) is 1.87. The minimum absolute atomic E-state index is 0.0200. The normalized spacial score (nSPS) is 18.5. The van der Waals surface area contributed by atoms with Crippen molar-refractivity contribution >= 4 is 5.91 Å². The number of amides is 1. The topological polar surface area (TPSA) is 52.9 Å². The zero-order valence-corrected chi connectivity index (χ0v) is 7.50. The van der Waals surface area contributed by atoms with Crippen LogP contribution in [0.3, 0.4) is 0 Å². The Morgan fingerprint density at radius 2 is 2.17 bits per heavy atom. The standard InChI is InChI=1S/C9H14N2O/c1-6(2)9(12)11-8(5-10)7-3-4-7/h6-8H,3-4H2,1-2H3,(H,11,12). The summed E-state index contributed by atoms with van der Waals surface area (Å²) in [6.07, 6.45) is 2.16. The van der Waals surface area contributed by atoms with Crippen molar-refractivity contribution in [2.75, 3.05) is 0 Å². The van der Waals surface area contributed by atoms with Gasteiger partial charge in [0.2, 0.25) is 5.91 Å². The minimum atomic E-state index is -0.250. The molecule has 0 radical (unpaired) electrons. The van der Waals surface area contributed by atoms with Crippen molar-refractivity contribution in [3.8, 4) is 6.07 Å². The highest BCUT2D eigenvalue weighted by atomic mass is 16.1. The van der Waals surface area contributed by atoms with Gasteiger partial charge in [-0.3, -0.25) is 4.79 Å². The zero-order chi connectivity index (χ0) is 9.14. The third kappa shape index (κ3) is 2.23. The average molecular weight is 166 g/mol. The Balaban J connectivity index is 2.37. The first-order valence-corrected chi connectivity index (χ1v) is 4.35. The van der Waals surface area contributed by atoms with Crippen molar-refractivity contribution in [3.63, 3.8) is 0 Å². The summed E-state index contributed by atoms with van der Waals surface area (Å²) in [5.74, 6) is 0.366. The minimum Gasteiger partial charge on any atom is -0.340 e. The van der Waals surface area contributed by atoms with Gasteiger partial charge >= 0.3 is 0 Å². The second-order valence-electron chi connectivity index (χ2n) is 3.61. The van der Waals surface area contributed by atoms with Crippen molar-refractivity contribution in [1.29, 1.82) is 5.26 Å². The van der Waals surface area contributed by atoms with Gasteiger partial charge in [0.1, 0.15) is 6.04 Å². The quantitative estimate of drug-likeness (QED) is 0.681. The Morgan fingerprint density at radius 1 is 1.58 bits per heavy atom. The van der Waals surface area contributed by atoms with E-state index in [4.69, 9.17) is 5.26 Å². The number of carbonyl (C=O) groups excluding carboxylic acids is 1. The summed E-state index contributed by atoms with van der Waals surface area (Å²) in [7, 11) is 0. The molecule has 1 fully saturated rings. The van der Waals surface area contributed by atoms with Gasteiger partial charge < -0.3 is 5.32 Å². The molecule has 66 valence electrons. The van der Waals surface area contributed by atoms with Crippen LogP contribution in [0.5, 0.6) is 0 Å². The van der Waals surface area contributed by atoms with Gasteiger partial charge in [0.15, 0.2) is 0 Å². The molecule has 1 amide bonds. The van der Waals surface area contributed by atoms with Gasteiger partial charge in [-0.2, -0.15) is 5.26 Å². The van der Waals surface area contributed by atoms with Crippen molar-refractivity contribution in [1.82, 2.24) is 5.32 Å². The lowest BCUT2D eigenvalue weighted by Crippen LogP contribution is -2.37. The first-order valence-electron chi connectivity index (χ1n) is 4.35. The molecule has 3 nitrogen and oxygen atoms in total. The van der Waals surface area contributed by atoms with E-state index < -0.39 is 0 Å². The van der Waals surface area contributed by atoms with Gasteiger partial charge in [-0.1, -0.05) is 13.8 Å². The Bertz CT molecular complexity index is 213. The van der Waals surface area contributed by atoms with Gasteiger partial charge in [-0.15, -0.1) is 0 Å². The molecule has 1 aliphatic carbocycles. The number of nitriles is 1. The van der Waals surface area contributed by atoms with Crippen molar-refractivity contribution in [2.24, 2.45) is 11.8 Å². The van der Waals surface area contributed by atoms with E-state index in [2.05, 4.69) is 11.4 Å². The molecule has 0 heterocycles. The molecule has 0 aliphatic heterocycles. The molecule has 1 N–H and O–H groups in total. The lowest BCUT2D eigenvalue weighted by Gasteiger charge is -2.11. The highest BCUT2D eigenvalue weighted by molar-refractivity contribution is 5.78. The summed E-state index contributed by atoms with van der Waals surface area (Å²) in [4.78, 5) is 11.2. The van der Waals surface area contributed by atoms with E-state index in [1.54, 1.807) is 0 Å². The largest absolute Gasteiger partial charge is 0.340 e. The number of carbonyl (C=O) groups is 1. The van der Waals surface area contributed by atoms with Crippen LogP contribution in [0.15, 0.2) is 0 Å². The van der Waals surface area contributed by atoms with E-state index in [0.717, 1.165) is 12.8 Å². The van der Waals surface area contributed by atoms with E-state index in [1.807, 2.05) is 13.8 Å². The fourth-order valence-electron chi connectivity index (χ4n) is 1.01. The van der Waals surface area contributed by atoms with Gasteiger partial charge in [-0.05, 0) is 18.8 Å². The van der Waals surface area contributed by atoms with Gasteiger partial charge in [-0.25, -0.2) is 0 Å². The fraction of sp³-hybridized carbons (Fsp3) is 0.778. The molecule has 12 heavy (non-hydrogen) atoms. The molecule has 0 saturated heterocycles. The molecule has 1 aliphatic rings. The van der Waals surface area contributed by atoms with Crippen LogP contribution in [0.1, 0.15) is 26.7 Å². The predicted molar refractivity (Wildman–Crippen MR) is 45.1 cm³/mol. The van der Waals surface area contributed by atoms with Crippen LogP contribution in [0.25, 0.3) is 0 Å². The second-order valence-corrected chi connectivity index (χ2v) is 3.61. The maximum absolute atomic E-state index is 11.2. The second kappa shape index (κ2) is 3.57. The van der Waals surface area contributed by atoms with Crippen LogP contribution in [-0.4, -0.2) is 11.9 Å². The highest BCUT2D eigenvalue weighted by Crippen LogP contribution is 2.32. The SMILES string of the molecule is CC(C)C(=O)NC(C#N)C1CC1. The summed E-state index contributed by atoms with van der Waals surface area (Å²) < 4.78 is 0. The molecule has 3 heteroatoms. The predicted octanol–water partition coefficient (Wildman–Crippen LogP) is 1.06. The third-order valence-electron chi connectivity index (χ3n) is 2.05. The van der Waals surface area contributed by atoms with Crippen molar-refractivity contribution in [3.05, 3.63) is 0 Å². The molecular formula is C9H14N2O. The molecule has 0 spiro atoms. The number of rotatable bonds is 3. The smallest absolute Gasteiger partial charge is 0.223 e. The Labute approximate surface area is 72.8 Å². The number of hydrogen-bond donors (Lipinski definition) is 1. The van der Waals surface area contributed by atoms with Crippen molar-refractivity contribution in [2.45, 2.75) is 32.7 Å². The first-order chi connectivity index (χ1) is 5.65. The number of nitrogens with one attached hydrogen (secondary N) is 1. The van der Waals surface area contributed by atoms with Gasteiger partial charge in [0, 0.05) is 5.92 Å². The van der Waals surface area contributed by atoms with Crippen LogP contribution in [0.4, 0.5) is 0 Å². The number of nitrogens with zero attached hydrogens (tertiary/aromatic N) is 1. The zero-order valence-electron chi connectivity index (χ0n) is 7.50. The molecule has 0 bridgehead atoms. The molecule has 0 aromatic heterocycles. The first kappa shape index (κ1) is 9.05. The maximum atomic E-state index is 11.2. The Hall–Kier alpha value is -1.04. The van der Waals surface area contributed by atoms with Crippen molar-refractivity contribution < 1.29 is 4.79 Å². The Morgan fingerprint density at radius 3 is 2.50 bits per heavy atom. The van der Waals surface area contributed by atoms with E-state index in [1.165, 1.54) is 0 Å². The molecule has 1 saturated carbocycles. The van der Waals surface area contributed by atoms with E-state index in [-0.39, 0.29) is 17.9 Å². The van der Waals surface area contributed by atoms with Crippen LogP contribution in [0.2, 0.25) is 0 Å². The molecule has 1 atom stereocenters. The fourth-order valence-corrected chi connectivity index (χ4v) is 1.01. The van der Waals surface area contributed by atoms with Crippen LogP contribution in [0, 0.1) is 23.2 Å². The molecule has 1 unspecified atom stereocenters. The van der Waals surface area contributed by atoms with Gasteiger partial charge in [0.25, 0.3) is 0 Å². The summed E-state index contributed by atoms with van der Waals surface area (Å²) >= 11 is 0. The van der Waals surface area contributed by atoms with E-state index in [0.29, 0.717) is 5.92 Å². The number of hydrogen-bond acceptors (Lipinski definition) is 2. The summed E-state index contributed by atoms with van der Waals surface area (Å²) in [5, 5.41) is 11.4. The maximum Gasteiger partial charge on any atom is 0.223 e. The van der Waals surface area contributed by atoms with Crippen LogP contribution < -0.4 is 5.32 Å². The molecule has 0 aromatic carbocycles. The monoisotopic (exact) mass is 166 g/mol. The Kier molecular flexibility index (Phi) is 2.69. The third-order valence-corrected chi connectivity index (χ3v) is 2.05. The van der Waals surface area contributed by atoms with E-state index >= 15 is 0 Å². The van der Waals surface area contributed by atoms with E-state index in [9.17, 15) is 4.79 Å². The highest BCUT2D eigenvalue weighted by Gasteiger charge is 2.32. The molecule has 1 rings (SSSR count). The summed E-state index contributed by atoms with van der Waals surface area (Å²) in [6.45, 7) is 3.66. The van der Waals surface area contributed by atoms with Crippen LogP contribution >= 0.6 is 0 Å². The average Bonchev–Trinajstić information content (AvgIpc) is 2.82.